The number of hydrogen-bond acceptors (Lipinski definition) is 11. The number of carboxylic acid groups (broad SMARTS) is 1. The molecule has 6 atom stereocenters. The molecule has 6 heterocycles. The Labute approximate surface area is 409 Å². The normalized spacial score (nSPS) is 23.1. The van der Waals surface area contributed by atoms with Gasteiger partial charge in [-0.3, -0.25) is 13.9 Å². The lowest BCUT2D eigenvalue weighted by Crippen LogP contribution is -2.48. The van der Waals surface area contributed by atoms with Crippen molar-refractivity contribution >= 4 is 36.7 Å². The molecule has 0 aromatic carbocycles. The minimum absolute atomic E-state index is 0. The summed E-state index contributed by atoms with van der Waals surface area (Å²) >= 11 is 0. The molecule has 4 aromatic rings. The van der Waals surface area contributed by atoms with Gasteiger partial charge in [0.25, 0.3) is 5.91 Å². The van der Waals surface area contributed by atoms with Gasteiger partial charge in [0.05, 0.1) is 37.6 Å². The number of amides is 1. The number of halogens is 2. The Kier molecular flexibility index (Phi) is 24.8. The SMILES string of the molecule is C=CCOC[C@H]1CCCN(CC2CCCCC2N)C1.C=CCOC[C@H]1CCCN(CC2CCCCC2NC(=O)c2ccc(-n3ccnc3)nc2)C1.Cl.Cl.O=C(O)c1ccc(-n2ccnc2)nc1. The van der Waals surface area contributed by atoms with E-state index in [1.54, 1.807) is 48.1 Å². The molecule has 15 nitrogen and oxygen atoms in total. The molecule has 2 saturated heterocycles. The number of rotatable bonds is 17. The van der Waals surface area contributed by atoms with Gasteiger partial charge in [0.1, 0.15) is 24.3 Å². The lowest BCUT2D eigenvalue weighted by molar-refractivity contribution is 0.0599. The number of carbonyl (C=O) groups is 2. The number of aromatic carboxylic acids is 1. The molecule has 368 valence electrons. The molecule has 0 bridgehead atoms. The van der Waals surface area contributed by atoms with Gasteiger partial charge in [0, 0.05) is 75.4 Å². The maximum Gasteiger partial charge on any atom is 0.337 e. The highest BCUT2D eigenvalue weighted by molar-refractivity contribution is 5.94. The Morgan fingerprint density at radius 2 is 1.21 bits per heavy atom. The molecule has 4 N–H and O–H groups in total. The molecular weight excluding hydrogens is 892 g/mol. The van der Waals surface area contributed by atoms with Crippen molar-refractivity contribution in [2.24, 2.45) is 29.4 Å². The van der Waals surface area contributed by atoms with Crippen LogP contribution in [0.2, 0.25) is 0 Å². The topological polar surface area (TPSA) is 179 Å². The van der Waals surface area contributed by atoms with E-state index in [0.717, 1.165) is 51.0 Å². The van der Waals surface area contributed by atoms with E-state index in [9.17, 15) is 9.59 Å². The van der Waals surface area contributed by atoms with Crippen molar-refractivity contribution < 1.29 is 24.2 Å². The van der Waals surface area contributed by atoms with Gasteiger partial charge < -0.3 is 35.4 Å². The zero-order valence-corrected chi connectivity index (χ0v) is 40.7. The summed E-state index contributed by atoms with van der Waals surface area (Å²) in [6.45, 7) is 17.4. The lowest BCUT2D eigenvalue weighted by atomic mass is 9.83. The van der Waals surface area contributed by atoms with Crippen LogP contribution in [0, 0.1) is 23.7 Å². The molecule has 2 aliphatic heterocycles. The van der Waals surface area contributed by atoms with E-state index in [4.69, 9.17) is 20.3 Å². The lowest BCUT2D eigenvalue weighted by Gasteiger charge is -2.39. The fraction of sp³-hybridized carbons (Fsp3) is 0.560. The first-order valence-corrected chi connectivity index (χ1v) is 23.8. The molecule has 8 rings (SSSR count). The monoisotopic (exact) mass is 965 g/mol. The Bertz CT molecular complexity index is 1990. The summed E-state index contributed by atoms with van der Waals surface area (Å²) in [4.78, 5) is 45.0. The number of piperidine rings is 2. The van der Waals surface area contributed by atoms with Gasteiger partial charge in [-0.15, -0.1) is 38.0 Å². The summed E-state index contributed by atoms with van der Waals surface area (Å²) in [6, 6.07) is 7.49. The molecule has 0 spiro atoms. The van der Waals surface area contributed by atoms with Crippen molar-refractivity contribution in [1.29, 1.82) is 0 Å². The predicted molar refractivity (Wildman–Crippen MR) is 268 cm³/mol. The number of nitrogens with one attached hydrogen (secondary N) is 1. The summed E-state index contributed by atoms with van der Waals surface area (Å²) in [7, 11) is 0. The number of nitrogens with zero attached hydrogens (tertiary/aromatic N) is 8. The molecule has 17 heteroatoms. The van der Waals surface area contributed by atoms with Crippen LogP contribution in [-0.2, 0) is 9.47 Å². The van der Waals surface area contributed by atoms with Crippen LogP contribution in [0.1, 0.15) is 97.8 Å². The number of carboxylic acids is 1. The van der Waals surface area contributed by atoms with E-state index in [1.165, 1.54) is 103 Å². The van der Waals surface area contributed by atoms with E-state index >= 15 is 0 Å². The van der Waals surface area contributed by atoms with Crippen LogP contribution in [0.3, 0.4) is 0 Å². The molecule has 0 radical (unpaired) electrons. The highest BCUT2D eigenvalue weighted by Crippen LogP contribution is 2.29. The predicted octanol–water partition coefficient (Wildman–Crippen LogP) is 7.70. The average Bonchev–Trinajstić information content (AvgIpc) is 4.08. The van der Waals surface area contributed by atoms with Crippen LogP contribution < -0.4 is 11.1 Å². The maximum absolute atomic E-state index is 12.9. The largest absolute Gasteiger partial charge is 0.478 e. The third-order valence-electron chi connectivity index (χ3n) is 13.1. The second kappa shape index (κ2) is 30.1. The molecule has 67 heavy (non-hydrogen) atoms. The van der Waals surface area contributed by atoms with Crippen LogP contribution in [-0.4, -0.2) is 134 Å². The summed E-state index contributed by atoms with van der Waals surface area (Å²) < 4.78 is 14.8. The molecule has 4 aliphatic rings. The summed E-state index contributed by atoms with van der Waals surface area (Å²) in [5.41, 5.74) is 7.05. The van der Waals surface area contributed by atoms with Gasteiger partial charge in [-0.05, 0) is 112 Å². The van der Waals surface area contributed by atoms with E-state index in [0.29, 0.717) is 48.4 Å². The minimum atomic E-state index is -0.977. The van der Waals surface area contributed by atoms with E-state index in [2.05, 4.69) is 48.2 Å². The molecular formula is C50H74Cl2N10O5. The molecule has 4 aromatic heterocycles. The zero-order chi connectivity index (χ0) is 45.6. The smallest absolute Gasteiger partial charge is 0.337 e. The first kappa shape index (κ1) is 55.1. The van der Waals surface area contributed by atoms with E-state index < -0.39 is 5.97 Å². The molecule has 2 saturated carbocycles. The van der Waals surface area contributed by atoms with Crippen molar-refractivity contribution in [3.63, 3.8) is 0 Å². The Balaban J connectivity index is 0.000000238. The molecule has 1 amide bonds. The number of likely N-dealkylation sites (tertiary alicyclic amines) is 2. The number of aromatic nitrogens is 6. The second-order valence-electron chi connectivity index (χ2n) is 18.1. The first-order chi connectivity index (χ1) is 31.8. The molecule has 4 fully saturated rings. The fourth-order valence-corrected chi connectivity index (χ4v) is 9.66. The Hall–Kier alpha value is -4.48. The standard InChI is InChI=1S/C25H35N5O2.C16H30N2O.C9H7N3O2.2ClH/c1-2-14-32-18-20-6-5-12-29(16-20)17-22-7-3-4-8-23(22)28-25(31)21-9-10-24(27-15-21)30-13-11-26-19-30;1-2-10-19-13-14-6-5-9-18(11-14)12-15-7-3-4-8-16(15)17;13-9(14)7-1-2-8(11-5-7)12-4-3-10-6-12;;/h2,9-11,13,15,19-20,22-23H,1,3-8,12,14,16-18H2,(H,28,31);2,14-16H,1,3-13,17H2;1-6H,(H,13,14);2*1H/t20-,22?,23?;14-,15?,16?;;;/m00.../s1. The van der Waals surface area contributed by atoms with Gasteiger partial charge in [-0.1, -0.05) is 37.8 Å². The van der Waals surface area contributed by atoms with Gasteiger partial charge in [-0.2, -0.15) is 0 Å². The van der Waals surface area contributed by atoms with Crippen molar-refractivity contribution in [3.05, 3.63) is 111 Å². The van der Waals surface area contributed by atoms with Crippen LogP contribution in [0.15, 0.2) is 99.4 Å². The van der Waals surface area contributed by atoms with Crippen molar-refractivity contribution in [1.82, 2.24) is 44.2 Å². The number of hydrogen-bond donors (Lipinski definition) is 3. The van der Waals surface area contributed by atoms with Crippen molar-refractivity contribution in [2.75, 3.05) is 65.7 Å². The molecule has 2 aliphatic carbocycles. The fourth-order valence-electron chi connectivity index (χ4n) is 9.66. The minimum Gasteiger partial charge on any atom is -0.478 e. The highest BCUT2D eigenvalue weighted by Gasteiger charge is 2.31. The Morgan fingerprint density at radius 3 is 1.69 bits per heavy atom. The quantitative estimate of drug-likeness (QED) is 0.0695. The first-order valence-electron chi connectivity index (χ1n) is 23.8. The Morgan fingerprint density at radius 1 is 0.701 bits per heavy atom. The average molecular weight is 966 g/mol. The summed E-state index contributed by atoms with van der Waals surface area (Å²) in [5, 5.41) is 12.0. The van der Waals surface area contributed by atoms with E-state index in [-0.39, 0.29) is 42.3 Å². The maximum atomic E-state index is 12.9. The van der Waals surface area contributed by atoms with Gasteiger partial charge in [0.2, 0.25) is 0 Å². The van der Waals surface area contributed by atoms with Gasteiger partial charge in [0.15, 0.2) is 0 Å². The number of pyridine rings is 2. The zero-order valence-electron chi connectivity index (χ0n) is 39.1. The number of ether oxygens (including phenoxy) is 2. The summed E-state index contributed by atoms with van der Waals surface area (Å²) in [5.74, 6) is 2.92. The second-order valence-corrected chi connectivity index (χ2v) is 18.1. The van der Waals surface area contributed by atoms with Crippen LogP contribution in [0.25, 0.3) is 11.6 Å². The third kappa shape index (κ3) is 18.2. The highest BCUT2D eigenvalue weighted by atomic mass is 35.5. The van der Waals surface area contributed by atoms with Crippen molar-refractivity contribution in [3.8, 4) is 11.6 Å². The van der Waals surface area contributed by atoms with Gasteiger partial charge >= 0.3 is 5.97 Å². The van der Waals surface area contributed by atoms with Crippen LogP contribution >= 0.6 is 24.8 Å². The van der Waals surface area contributed by atoms with Crippen LogP contribution in [0.5, 0.6) is 0 Å². The molecule has 4 unspecified atom stereocenters. The van der Waals surface area contributed by atoms with Crippen molar-refractivity contribution in [2.45, 2.75) is 89.1 Å². The van der Waals surface area contributed by atoms with Crippen LogP contribution in [0.4, 0.5) is 0 Å². The third-order valence-corrected chi connectivity index (χ3v) is 13.1. The summed E-state index contributed by atoms with van der Waals surface area (Å²) in [6.07, 6.45) is 31.8. The number of carbonyl (C=O) groups excluding carboxylic acids is 1. The number of nitrogens with two attached hydrogens (primary N) is 1. The van der Waals surface area contributed by atoms with E-state index in [1.807, 2.05) is 35.0 Å². The number of imidazole rings is 2. The van der Waals surface area contributed by atoms with Gasteiger partial charge in [-0.25, -0.2) is 24.7 Å².